The summed E-state index contributed by atoms with van der Waals surface area (Å²) in [6.45, 7) is 6.36. The van der Waals surface area contributed by atoms with Crippen LogP contribution in [0.3, 0.4) is 0 Å². The number of nitriles is 2. The lowest BCUT2D eigenvalue weighted by Gasteiger charge is -2.41. The number of hydrogen-bond acceptors (Lipinski definition) is 3. The molecule has 3 rings (SSSR count). The van der Waals surface area contributed by atoms with Crippen molar-refractivity contribution >= 4 is 11.6 Å². The van der Waals surface area contributed by atoms with Crippen molar-refractivity contribution in [1.29, 1.82) is 10.5 Å². The quantitative estimate of drug-likeness (QED) is 0.473. The Labute approximate surface area is 198 Å². The predicted molar refractivity (Wildman–Crippen MR) is 131 cm³/mol. The fraction of sp³-hybridized carbons (Fsp3) is 0.500. The van der Waals surface area contributed by atoms with Crippen LogP contribution in [0.4, 0.5) is 0 Å². The van der Waals surface area contributed by atoms with Crippen LogP contribution in [0.15, 0.2) is 48.5 Å². The molecule has 1 N–H and O–H groups in total. The van der Waals surface area contributed by atoms with Gasteiger partial charge in [-0.2, -0.15) is 10.5 Å². The van der Waals surface area contributed by atoms with Crippen molar-refractivity contribution < 1.29 is 0 Å². The standard InChI is InChI=1S/C28H34ClN3/c1-20(32-27(28(2,3)19-31)23-9-5-4-6-10-23)26(17-21-12-14-25(29)15-13-21)24-11-7-8-22(16-24)18-30/h7-8,11-16,20,23,26-27,32H,4-6,9-10,17H2,1-3H3/t20?,26?,27-/m0/s1. The Kier molecular flexibility index (Phi) is 8.36. The first-order valence-corrected chi connectivity index (χ1v) is 12.1. The van der Waals surface area contributed by atoms with Crippen LogP contribution in [0.5, 0.6) is 0 Å². The zero-order valence-corrected chi connectivity index (χ0v) is 20.2. The third-order valence-electron chi connectivity index (χ3n) is 7.05. The molecule has 2 aromatic rings. The van der Waals surface area contributed by atoms with E-state index in [0.717, 1.165) is 17.0 Å². The monoisotopic (exact) mass is 447 g/mol. The molecule has 3 nitrogen and oxygen atoms in total. The second-order valence-corrected chi connectivity index (χ2v) is 10.3. The molecular weight excluding hydrogens is 414 g/mol. The predicted octanol–water partition coefficient (Wildman–Crippen LogP) is 7.01. The summed E-state index contributed by atoms with van der Waals surface area (Å²) in [5.41, 5.74) is 2.59. The molecule has 2 aromatic carbocycles. The number of rotatable bonds is 8. The van der Waals surface area contributed by atoms with Gasteiger partial charge in [0, 0.05) is 23.0 Å². The number of nitrogens with zero attached hydrogens (tertiary/aromatic N) is 2. The third kappa shape index (κ3) is 6.13. The van der Waals surface area contributed by atoms with E-state index >= 15 is 0 Å². The molecule has 0 bridgehead atoms. The van der Waals surface area contributed by atoms with E-state index in [4.69, 9.17) is 11.6 Å². The maximum atomic E-state index is 9.95. The van der Waals surface area contributed by atoms with Crippen molar-refractivity contribution in [1.82, 2.24) is 5.32 Å². The third-order valence-corrected chi connectivity index (χ3v) is 7.30. The van der Waals surface area contributed by atoms with Crippen LogP contribution in [0.1, 0.15) is 75.5 Å². The molecular formula is C28H34ClN3. The van der Waals surface area contributed by atoms with Gasteiger partial charge in [-0.05, 0) is 81.3 Å². The van der Waals surface area contributed by atoms with Gasteiger partial charge in [-0.15, -0.1) is 0 Å². The molecule has 0 heterocycles. The van der Waals surface area contributed by atoms with Gasteiger partial charge >= 0.3 is 0 Å². The molecule has 0 radical (unpaired) electrons. The van der Waals surface area contributed by atoms with E-state index in [-0.39, 0.29) is 18.0 Å². The van der Waals surface area contributed by atoms with Crippen LogP contribution in [0, 0.1) is 34.0 Å². The summed E-state index contributed by atoms with van der Waals surface area (Å²) >= 11 is 6.11. The van der Waals surface area contributed by atoms with Crippen molar-refractivity contribution in [2.45, 2.75) is 77.3 Å². The molecule has 168 valence electrons. The molecule has 0 amide bonds. The summed E-state index contributed by atoms with van der Waals surface area (Å²) in [7, 11) is 0. The zero-order chi connectivity index (χ0) is 23.1. The summed E-state index contributed by atoms with van der Waals surface area (Å²) in [6.07, 6.45) is 6.99. The topological polar surface area (TPSA) is 59.6 Å². The van der Waals surface area contributed by atoms with Gasteiger partial charge in [-0.25, -0.2) is 0 Å². The van der Waals surface area contributed by atoms with Gasteiger partial charge in [0.05, 0.1) is 23.1 Å². The van der Waals surface area contributed by atoms with Crippen LogP contribution in [-0.2, 0) is 6.42 Å². The first-order valence-electron chi connectivity index (χ1n) is 11.8. The molecule has 32 heavy (non-hydrogen) atoms. The molecule has 1 aliphatic rings. The van der Waals surface area contributed by atoms with Crippen molar-refractivity contribution in [3.63, 3.8) is 0 Å². The van der Waals surface area contributed by atoms with E-state index in [2.05, 4.69) is 56.4 Å². The fourth-order valence-corrected chi connectivity index (χ4v) is 5.29. The highest BCUT2D eigenvalue weighted by Crippen LogP contribution is 2.36. The highest BCUT2D eigenvalue weighted by atomic mass is 35.5. The van der Waals surface area contributed by atoms with E-state index in [0.29, 0.717) is 11.5 Å². The Hall–Kier alpha value is -2.33. The Bertz CT molecular complexity index is 961. The van der Waals surface area contributed by atoms with Crippen LogP contribution < -0.4 is 5.32 Å². The van der Waals surface area contributed by atoms with Crippen LogP contribution >= 0.6 is 11.6 Å². The lowest BCUT2D eigenvalue weighted by molar-refractivity contribution is 0.165. The van der Waals surface area contributed by atoms with E-state index in [1.165, 1.54) is 37.7 Å². The first-order chi connectivity index (χ1) is 15.3. The normalized spacial score (nSPS) is 17.7. The Morgan fingerprint density at radius 1 is 1.06 bits per heavy atom. The average molecular weight is 448 g/mol. The highest BCUT2D eigenvalue weighted by molar-refractivity contribution is 6.30. The minimum Gasteiger partial charge on any atom is -0.309 e. The van der Waals surface area contributed by atoms with E-state index in [1.807, 2.05) is 30.3 Å². The lowest BCUT2D eigenvalue weighted by Crippen LogP contribution is -2.52. The first kappa shape index (κ1) is 24.3. The van der Waals surface area contributed by atoms with Crippen LogP contribution in [-0.4, -0.2) is 12.1 Å². The molecule has 0 aromatic heterocycles. The van der Waals surface area contributed by atoms with Crippen molar-refractivity contribution in [2.75, 3.05) is 0 Å². The highest BCUT2D eigenvalue weighted by Gasteiger charge is 2.38. The average Bonchev–Trinajstić information content (AvgIpc) is 2.82. The lowest BCUT2D eigenvalue weighted by atomic mass is 9.72. The number of benzene rings is 2. The SMILES string of the molecule is CC(N[C@@H](C1CCCCC1)C(C)(C)C#N)C(Cc1ccc(Cl)cc1)c1cccc(C#N)c1. The molecule has 0 saturated heterocycles. The van der Waals surface area contributed by atoms with Gasteiger partial charge in [-0.1, -0.05) is 55.1 Å². The molecule has 1 fully saturated rings. The number of halogens is 1. The molecule has 2 unspecified atom stereocenters. The molecule has 1 saturated carbocycles. The summed E-state index contributed by atoms with van der Waals surface area (Å²) in [4.78, 5) is 0. The van der Waals surface area contributed by atoms with Crippen molar-refractivity contribution in [3.8, 4) is 12.1 Å². The van der Waals surface area contributed by atoms with Crippen molar-refractivity contribution in [2.24, 2.45) is 11.3 Å². The molecule has 3 atom stereocenters. The number of hydrogen-bond donors (Lipinski definition) is 1. The fourth-order valence-electron chi connectivity index (χ4n) is 5.17. The molecule has 1 aliphatic carbocycles. The van der Waals surface area contributed by atoms with Gasteiger partial charge < -0.3 is 5.32 Å². The van der Waals surface area contributed by atoms with E-state index in [9.17, 15) is 10.5 Å². The van der Waals surface area contributed by atoms with Gasteiger partial charge in [-0.3, -0.25) is 0 Å². The summed E-state index contributed by atoms with van der Waals surface area (Å²) in [5.74, 6) is 0.688. The van der Waals surface area contributed by atoms with Gasteiger partial charge in [0.25, 0.3) is 0 Å². The summed E-state index contributed by atoms with van der Waals surface area (Å²) < 4.78 is 0. The molecule has 0 aliphatic heterocycles. The smallest absolute Gasteiger partial charge is 0.0991 e. The van der Waals surface area contributed by atoms with Crippen LogP contribution in [0.2, 0.25) is 5.02 Å². The van der Waals surface area contributed by atoms with E-state index < -0.39 is 5.41 Å². The zero-order valence-electron chi connectivity index (χ0n) is 19.4. The van der Waals surface area contributed by atoms with Crippen LogP contribution in [0.25, 0.3) is 0 Å². The Morgan fingerprint density at radius 2 is 1.75 bits per heavy atom. The van der Waals surface area contributed by atoms with E-state index in [1.54, 1.807) is 0 Å². The number of nitrogens with one attached hydrogen (secondary N) is 1. The summed E-state index contributed by atoms with van der Waals surface area (Å²) in [5, 5.41) is 24.0. The maximum Gasteiger partial charge on any atom is 0.0991 e. The second-order valence-electron chi connectivity index (χ2n) is 9.84. The Balaban J connectivity index is 1.91. The second kappa shape index (κ2) is 11.0. The van der Waals surface area contributed by atoms with Gasteiger partial charge in [0.2, 0.25) is 0 Å². The molecule has 4 heteroatoms. The largest absolute Gasteiger partial charge is 0.309 e. The molecule has 0 spiro atoms. The summed E-state index contributed by atoms with van der Waals surface area (Å²) in [6, 6.07) is 21.1. The Morgan fingerprint density at radius 3 is 2.38 bits per heavy atom. The van der Waals surface area contributed by atoms with Gasteiger partial charge in [0.15, 0.2) is 0 Å². The minimum atomic E-state index is -0.449. The van der Waals surface area contributed by atoms with Gasteiger partial charge in [0.1, 0.15) is 0 Å². The van der Waals surface area contributed by atoms with Crippen molar-refractivity contribution in [3.05, 3.63) is 70.2 Å². The minimum absolute atomic E-state index is 0.134. The maximum absolute atomic E-state index is 9.95.